The average molecular weight is 218 g/mol. The van der Waals surface area contributed by atoms with E-state index in [9.17, 15) is 0 Å². The lowest BCUT2D eigenvalue weighted by atomic mass is 9.83. The zero-order valence-electron chi connectivity index (χ0n) is 10.6. The molecule has 0 aromatic carbocycles. The monoisotopic (exact) mass is 218 g/mol. The molecule has 2 saturated carbocycles. The van der Waals surface area contributed by atoms with E-state index < -0.39 is 0 Å². The van der Waals surface area contributed by atoms with Crippen molar-refractivity contribution < 1.29 is 0 Å². The van der Waals surface area contributed by atoms with Gasteiger partial charge in [0.2, 0.25) is 0 Å². The van der Waals surface area contributed by atoms with Gasteiger partial charge < -0.3 is 0 Å². The van der Waals surface area contributed by atoms with Crippen molar-refractivity contribution in [2.45, 2.75) is 64.2 Å². The molecule has 0 unspecified atom stereocenters. The maximum atomic E-state index is 4.28. The molecule has 0 aliphatic heterocycles. The van der Waals surface area contributed by atoms with Crippen LogP contribution in [0, 0.1) is 11.8 Å². The topological polar surface area (TPSA) is 0 Å². The minimum Gasteiger partial charge on any atom is -0.0956 e. The van der Waals surface area contributed by atoms with Crippen LogP contribution in [0.1, 0.15) is 64.2 Å². The van der Waals surface area contributed by atoms with Gasteiger partial charge in [-0.2, -0.15) is 0 Å². The summed E-state index contributed by atoms with van der Waals surface area (Å²) in [5.41, 5.74) is 1.41. The van der Waals surface area contributed by atoms with Crippen molar-refractivity contribution >= 4 is 0 Å². The molecular weight excluding hydrogens is 192 g/mol. The van der Waals surface area contributed by atoms with Crippen molar-refractivity contribution in [3.8, 4) is 0 Å². The summed E-state index contributed by atoms with van der Waals surface area (Å²) in [4.78, 5) is 0. The highest BCUT2D eigenvalue weighted by molar-refractivity contribution is 5.19. The first-order valence-electron chi connectivity index (χ1n) is 7.23. The number of hydrogen-bond acceptors (Lipinski definition) is 0. The summed E-state index contributed by atoms with van der Waals surface area (Å²) in [5.74, 6) is 1.66. The molecule has 0 atom stereocenters. The fraction of sp³-hybridized carbons (Fsp3) is 0.750. The van der Waals surface area contributed by atoms with Gasteiger partial charge in [-0.25, -0.2) is 0 Å². The van der Waals surface area contributed by atoms with Crippen LogP contribution < -0.4 is 0 Å². The molecule has 0 aromatic rings. The Morgan fingerprint density at radius 1 is 0.812 bits per heavy atom. The Kier molecular flexibility index (Phi) is 4.69. The van der Waals surface area contributed by atoms with E-state index in [0.29, 0.717) is 0 Å². The predicted molar refractivity (Wildman–Crippen MR) is 71.4 cm³/mol. The van der Waals surface area contributed by atoms with E-state index in [1.807, 2.05) is 0 Å². The molecule has 0 aromatic heterocycles. The van der Waals surface area contributed by atoms with E-state index in [0.717, 1.165) is 11.8 Å². The zero-order chi connectivity index (χ0) is 11.2. The molecule has 16 heavy (non-hydrogen) atoms. The van der Waals surface area contributed by atoms with Crippen LogP contribution in [0.4, 0.5) is 0 Å². The van der Waals surface area contributed by atoms with Gasteiger partial charge >= 0.3 is 0 Å². The molecule has 2 rings (SSSR count). The molecule has 2 aliphatic carbocycles. The molecule has 0 radical (unpaired) electrons. The maximum absolute atomic E-state index is 4.28. The summed E-state index contributed by atoms with van der Waals surface area (Å²) < 4.78 is 0. The Balaban J connectivity index is 1.78. The molecule has 2 aliphatic rings. The summed E-state index contributed by atoms with van der Waals surface area (Å²) in [6.07, 6.45) is 19.0. The summed E-state index contributed by atoms with van der Waals surface area (Å²) >= 11 is 0. The third kappa shape index (κ3) is 3.50. The number of allylic oxidation sites excluding steroid dienone is 3. The maximum Gasteiger partial charge on any atom is -0.0168 e. The van der Waals surface area contributed by atoms with Gasteiger partial charge in [0.15, 0.2) is 0 Å². The molecule has 0 nitrogen and oxygen atoms in total. The quantitative estimate of drug-likeness (QED) is 0.567. The largest absolute Gasteiger partial charge is 0.0956 e. The second-order valence-electron chi connectivity index (χ2n) is 5.67. The summed E-state index contributed by atoms with van der Waals surface area (Å²) in [7, 11) is 0. The molecular formula is C16H26. The van der Waals surface area contributed by atoms with Crippen molar-refractivity contribution in [1.82, 2.24) is 0 Å². The first kappa shape index (κ1) is 12.0. The van der Waals surface area contributed by atoms with Crippen molar-refractivity contribution in [1.29, 1.82) is 0 Å². The average Bonchev–Trinajstić information content (AvgIpc) is 2.38. The fourth-order valence-corrected chi connectivity index (χ4v) is 3.20. The van der Waals surface area contributed by atoms with Crippen molar-refractivity contribution in [3.63, 3.8) is 0 Å². The molecule has 0 N–H and O–H groups in total. The van der Waals surface area contributed by atoms with E-state index in [1.54, 1.807) is 0 Å². The number of rotatable bonds is 3. The minimum atomic E-state index is 0.800. The summed E-state index contributed by atoms with van der Waals surface area (Å²) in [6, 6.07) is 0. The van der Waals surface area contributed by atoms with Crippen molar-refractivity contribution in [3.05, 3.63) is 24.3 Å². The SMILES string of the molecule is C=C(/C=C/C1CCCCC1)C1CCCCC1. The normalized spacial score (nSPS) is 25.0. The van der Waals surface area contributed by atoms with Crippen LogP contribution in [-0.2, 0) is 0 Å². The molecule has 2 fully saturated rings. The third-order valence-corrected chi connectivity index (χ3v) is 4.36. The lowest BCUT2D eigenvalue weighted by Crippen LogP contribution is -2.08. The Labute approximate surface area is 101 Å². The van der Waals surface area contributed by atoms with Crippen LogP contribution in [0.3, 0.4) is 0 Å². The number of hydrogen-bond donors (Lipinski definition) is 0. The van der Waals surface area contributed by atoms with E-state index in [2.05, 4.69) is 18.7 Å². The van der Waals surface area contributed by atoms with Gasteiger partial charge in [-0.3, -0.25) is 0 Å². The smallest absolute Gasteiger partial charge is 0.0168 e. The molecule has 0 heterocycles. The molecule has 0 saturated heterocycles. The molecule has 0 amide bonds. The minimum absolute atomic E-state index is 0.800. The predicted octanol–water partition coefficient (Wildman–Crippen LogP) is 5.26. The Bertz CT molecular complexity index is 237. The van der Waals surface area contributed by atoms with Crippen molar-refractivity contribution in [2.24, 2.45) is 11.8 Å². The van der Waals surface area contributed by atoms with Crippen LogP contribution in [0.15, 0.2) is 24.3 Å². The van der Waals surface area contributed by atoms with Gasteiger partial charge in [-0.1, -0.05) is 62.8 Å². The molecule has 0 heteroatoms. The highest BCUT2D eigenvalue weighted by Gasteiger charge is 2.15. The zero-order valence-corrected chi connectivity index (χ0v) is 10.6. The Morgan fingerprint density at radius 3 is 2.00 bits per heavy atom. The summed E-state index contributed by atoms with van der Waals surface area (Å²) in [6.45, 7) is 4.28. The van der Waals surface area contributed by atoms with Gasteiger partial charge in [-0.05, 0) is 37.5 Å². The van der Waals surface area contributed by atoms with E-state index in [1.165, 1.54) is 69.8 Å². The third-order valence-electron chi connectivity index (χ3n) is 4.36. The highest BCUT2D eigenvalue weighted by Crippen LogP contribution is 2.30. The second-order valence-corrected chi connectivity index (χ2v) is 5.67. The molecule has 90 valence electrons. The van der Waals surface area contributed by atoms with Gasteiger partial charge in [0.05, 0.1) is 0 Å². The second kappa shape index (κ2) is 6.27. The van der Waals surface area contributed by atoms with E-state index >= 15 is 0 Å². The van der Waals surface area contributed by atoms with Crippen LogP contribution in [-0.4, -0.2) is 0 Å². The van der Waals surface area contributed by atoms with Gasteiger partial charge in [-0.15, -0.1) is 0 Å². The van der Waals surface area contributed by atoms with E-state index in [-0.39, 0.29) is 0 Å². The first-order valence-corrected chi connectivity index (χ1v) is 7.23. The van der Waals surface area contributed by atoms with Crippen LogP contribution in [0.5, 0.6) is 0 Å². The van der Waals surface area contributed by atoms with Gasteiger partial charge in [0.1, 0.15) is 0 Å². The standard InChI is InChI=1S/C16H26/c1-14(16-10-6-3-7-11-16)12-13-15-8-4-2-5-9-15/h12-13,15-16H,1-11H2/b13-12+. The van der Waals surface area contributed by atoms with Crippen molar-refractivity contribution in [2.75, 3.05) is 0 Å². The van der Waals surface area contributed by atoms with Crippen LogP contribution >= 0.6 is 0 Å². The fourth-order valence-electron chi connectivity index (χ4n) is 3.20. The van der Waals surface area contributed by atoms with E-state index in [4.69, 9.17) is 0 Å². The molecule has 0 spiro atoms. The summed E-state index contributed by atoms with van der Waals surface area (Å²) in [5, 5.41) is 0. The Hall–Kier alpha value is -0.520. The van der Waals surface area contributed by atoms with Crippen LogP contribution in [0.2, 0.25) is 0 Å². The van der Waals surface area contributed by atoms with Crippen LogP contribution in [0.25, 0.3) is 0 Å². The highest BCUT2D eigenvalue weighted by atomic mass is 14.2. The Morgan fingerprint density at radius 2 is 1.38 bits per heavy atom. The molecule has 0 bridgehead atoms. The lowest BCUT2D eigenvalue weighted by Gasteiger charge is -2.23. The van der Waals surface area contributed by atoms with Gasteiger partial charge in [0, 0.05) is 0 Å². The first-order chi connectivity index (χ1) is 7.86. The van der Waals surface area contributed by atoms with Gasteiger partial charge in [0.25, 0.3) is 0 Å². The lowest BCUT2D eigenvalue weighted by molar-refractivity contribution is 0.405.